The Kier molecular flexibility index (Phi) is 18.3. The molecular formula is C93H104N2Si3. The summed E-state index contributed by atoms with van der Waals surface area (Å²) in [6.07, 6.45) is 0. The average molecular weight is 1330 g/mol. The Balaban J connectivity index is 1.28. The lowest BCUT2D eigenvalue weighted by molar-refractivity contribution is 0.568. The first-order valence-corrected chi connectivity index (χ1v) is 46.1. The van der Waals surface area contributed by atoms with Gasteiger partial charge in [0.05, 0.1) is 35.6 Å². The van der Waals surface area contributed by atoms with Crippen LogP contribution in [0.25, 0.3) is 77.2 Å². The maximum Gasteiger partial charge on any atom is 0.0775 e. The van der Waals surface area contributed by atoms with E-state index >= 15 is 0 Å². The second kappa shape index (κ2) is 25.9. The van der Waals surface area contributed by atoms with Gasteiger partial charge in [0, 0.05) is 44.3 Å². The third-order valence-electron chi connectivity index (χ3n) is 20.0. The lowest BCUT2D eigenvalue weighted by Crippen LogP contribution is -2.37. The van der Waals surface area contributed by atoms with Crippen molar-refractivity contribution >= 4 is 95.5 Å². The molecule has 12 aromatic carbocycles. The van der Waals surface area contributed by atoms with Crippen molar-refractivity contribution in [2.45, 2.75) is 164 Å². The van der Waals surface area contributed by atoms with E-state index in [0.717, 1.165) is 66.8 Å². The standard InChI is InChI=1S/C93H104N2Si3/c1-90(2,3)73-57-74(91(4,5)6)60-79(59-73)94(77-53-71(66-38-45-82(46-39-66)97(16,17)18)51-72(54-77)67-40-47-83(48-41-67)98(19,20)21)88-84-34-28-29-35-85(84)89(87-56-68(42-49-86(87)88)63-30-24-22-25-31-63)95(80-61-75(92(7,8)9)58-76(62-80)93(10,11)12)78-52-69(64-32-26-23-27-33-64)50-70(55-78)65-36-43-81(44-37-65)96(13,14)15/h22-62H,1-21H3. The average Bonchev–Trinajstić information content (AvgIpc) is 0.713. The number of anilines is 6. The third kappa shape index (κ3) is 14.6. The second-order valence-corrected chi connectivity index (χ2v) is 50.2. The summed E-state index contributed by atoms with van der Waals surface area (Å²) in [5.41, 5.74) is 23.0. The van der Waals surface area contributed by atoms with Gasteiger partial charge in [0.1, 0.15) is 0 Å². The fraction of sp³-hybridized carbons (Fsp3) is 0.269. The molecule has 0 unspecified atom stereocenters. The molecule has 2 nitrogen and oxygen atoms in total. The van der Waals surface area contributed by atoms with Gasteiger partial charge in [0.15, 0.2) is 0 Å². The highest BCUT2D eigenvalue weighted by Crippen LogP contribution is 2.55. The van der Waals surface area contributed by atoms with Gasteiger partial charge in [-0.3, -0.25) is 0 Å². The van der Waals surface area contributed by atoms with Gasteiger partial charge in [-0.2, -0.15) is 0 Å². The Labute approximate surface area is 591 Å². The van der Waals surface area contributed by atoms with Gasteiger partial charge in [-0.25, -0.2) is 0 Å². The van der Waals surface area contributed by atoms with E-state index in [0.29, 0.717) is 0 Å². The zero-order chi connectivity index (χ0) is 70.2. The quantitative estimate of drug-likeness (QED) is 0.0608. The predicted octanol–water partition coefficient (Wildman–Crippen LogP) is 26.1. The Hall–Kier alpha value is -8.59. The molecular weight excluding hydrogens is 1230 g/mol. The molecule has 0 radical (unpaired) electrons. The van der Waals surface area contributed by atoms with Crippen LogP contribution < -0.4 is 25.4 Å². The molecule has 98 heavy (non-hydrogen) atoms. The minimum Gasteiger partial charge on any atom is -0.309 e. The highest BCUT2D eigenvalue weighted by molar-refractivity contribution is 6.89. The van der Waals surface area contributed by atoms with E-state index in [-0.39, 0.29) is 21.7 Å². The normalized spacial score (nSPS) is 12.7. The maximum atomic E-state index is 2.67. The van der Waals surface area contributed by atoms with Crippen LogP contribution in [-0.2, 0) is 21.7 Å². The van der Waals surface area contributed by atoms with Gasteiger partial charge in [0.2, 0.25) is 0 Å². The van der Waals surface area contributed by atoms with Crippen molar-refractivity contribution in [1.29, 1.82) is 0 Å². The van der Waals surface area contributed by atoms with Crippen LogP contribution >= 0.6 is 0 Å². The Morgan fingerprint density at radius 1 is 0.204 bits per heavy atom. The molecule has 0 spiro atoms. The maximum absolute atomic E-state index is 2.67. The summed E-state index contributed by atoms with van der Waals surface area (Å²) in [6, 6.07) is 97.1. The van der Waals surface area contributed by atoms with Gasteiger partial charge < -0.3 is 9.80 Å². The van der Waals surface area contributed by atoms with Crippen molar-refractivity contribution in [3.8, 4) is 55.6 Å². The molecule has 0 saturated carbocycles. The topological polar surface area (TPSA) is 6.48 Å². The van der Waals surface area contributed by atoms with Gasteiger partial charge in [-0.15, -0.1) is 0 Å². The molecule has 0 bridgehead atoms. The lowest BCUT2D eigenvalue weighted by Gasteiger charge is -2.36. The van der Waals surface area contributed by atoms with E-state index in [4.69, 9.17) is 0 Å². The van der Waals surface area contributed by atoms with Crippen molar-refractivity contribution in [1.82, 2.24) is 0 Å². The van der Waals surface area contributed by atoms with Crippen LogP contribution in [0.4, 0.5) is 34.1 Å². The number of nitrogens with zero attached hydrogens (tertiary/aromatic N) is 2. The van der Waals surface area contributed by atoms with Crippen LogP contribution in [0.1, 0.15) is 105 Å². The summed E-state index contributed by atoms with van der Waals surface area (Å²) in [5, 5.41) is 8.97. The van der Waals surface area contributed by atoms with Crippen molar-refractivity contribution in [3.63, 3.8) is 0 Å². The third-order valence-corrected chi connectivity index (χ3v) is 26.2. The van der Waals surface area contributed by atoms with Crippen LogP contribution in [0.15, 0.2) is 249 Å². The molecule has 498 valence electrons. The van der Waals surface area contributed by atoms with Crippen LogP contribution in [-0.4, -0.2) is 24.2 Å². The summed E-state index contributed by atoms with van der Waals surface area (Å²) < 4.78 is 0. The summed E-state index contributed by atoms with van der Waals surface area (Å²) >= 11 is 0. The number of rotatable bonds is 14. The lowest BCUT2D eigenvalue weighted by atomic mass is 9.80. The van der Waals surface area contributed by atoms with Crippen molar-refractivity contribution < 1.29 is 0 Å². The van der Waals surface area contributed by atoms with Gasteiger partial charge in [-0.1, -0.05) is 340 Å². The molecule has 0 aliphatic carbocycles. The number of fused-ring (bicyclic) bond motifs is 2. The first kappa shape index (κ1) is 69.3. The van der Waals surface area contributed by atoms with E-state index in [2.05, 4.69) is 401 Å². The van der Waals surface area contributed by atoms with Gasteiger partial charge >= 0.3 is 0 Å². The molecule has 0 fully saturated rings. The zero-order valence-electron chi connectivity index (χ0n) is 62.6. The van der Waals surface area contributed by atoms with E-state index in [9.17, 15) is 0 Å². The molecule has 0 heterocycles. The summed E-state index contributed by atoms with van der Waals surface area (Å²) in [5.74, 6) is 0. The van der Waals surface area contributed by atoms with Crippen molar-refractivity contribution in [2.75, 3.05) is 9.80 Å². The fourth-order valence-corrected chi connectivity index (χ4v) is 17.2. The first-order valence-electron chi connectivity index (χ1n) is 35.6. The fourth-order valence-electron chi connectivity index (χ4n) is 13.7. The zero-order valence-corrected chi connectivity index (χ0v) is 65.6. The highest BCUT2D eigenvalue weighted by atomic mass is 28.3. The minimum absolute atomic E-state index is 0.166. The second-order valence-electron chi connectivity index (χ2n) is 35.0. The molecule has 0 aromatic heterocycles. The van der Waals surface area contributed by atoms with Crippen LogP contribution in [0.5, 0.6) is 0 Å². The van der Waals surface area contributed by atoms with Gasteiger partial charge in [-0.05, 0) is 166 Å². The SMILES string of the molecule is CC(C)(C)c1cc(N(c2cc(-c3ccc([Si](C)(C)C)cc3)cc(-c3ccc([Si](C)(C)C)cc3)c2)c2c3ccccc3c(N(c3cc(-c4ccccc4)cc(-c4ccc([Si](C)(C)C)cc4)c3)c3cc(C(C)(C)C)cc(C(C)(C)C)c3)c3cc(-c4ccccc4)ccc23)cc(C(C)(C)C)c1. The van der Waals surface area contributed by atoms with Crippen molar-refractivity contribution in [3.05, 3.63) is 271 Å². The first-order chi connectivity index (χ1) is 46.0. The molecule has 5 heteroatoms. The monoisotopic (exact) mass is 1330 g/mol. The van der Waals surface area contributed by atoms with E-state index in [1.54, 1.807) is 0 Å². The number of hydrogen-bond acceptors (Lipinski definition) is 2. The number of hydrogen-bond donors (Lipinski definition) is 0. The van der Waals surface area contributed by atoms with Crippen LogP contribution in [0.3, 0.4) is 0 Å². The number of benzene rings is 12. The minimum atomic E-state index is -1.61. The van der Waals surface area contributed by atoms with E-state index in [1.807, 2.05) is 0 Å². The van der Waals surface area contributed by atoms with Gasteiger partial charge in [0.25, 0.3) is 0 Å². The van der Waals surface area contributed by atoms with Crippen LogP contribution in [0.2, 0.25) is 58.9 Å². The molecule has 0 aliphatic rings. The smallest absolute Gasteiger partial charge is 0.0775 e. The molecule has 0 saturated heterocycles. The summed E-state index contributed by atoms with van der Waals surface area (Å²) in [4.78, 5) is 5.33. The Bertz CT molecular complexity index is 4760. The highest BCUT2D eigenvalue weighted by Gasteiger charge is 2.32. The largest absolute Gasteiger partial charge is 0.309 e. The van der Waals surface area contributed by atoms with E-state index < -0.39 is 24.2 Å². The summed E-state index contributed by atoms with van der Waals surface area (Å²) in [7, 11) is -4.82. The Morgan fingerprint density at radius 2 is 0.449 bits per heavy atom. The van der Waals surface area contributed by atoms with Crippen LogP contribution in [0, 0.1) is 0 Å². The van der Waals surface area contributed by atoms with E-state index in [1.165, 1.54) is 82.3 Å². The Morgan fingerprint density at radius 3 is 0.745 bits per heavy atom. The molecule has 12 rings (SSSR count). The predicted molar refractivity (Wildman–Crippen MR) is 442 cm³/mol. The molecule has 0 amide bonds. The summed E-state index contributed by atoms with van der Waals surface area (Å²) in [6.45, 7) is 50.4. The molecule has 0 atom stereocenters. The van der Waals surface area contributed by atoms with Crippen molar-refractivity contribution in [2.24, 2.45) is 0 Å². The molecule has 0 aliphatic heterocycles. The molecule has 0 N–H and O–H groups in total. The molecule has 12 aromatic rings.